The van der Waals surface area contributed by atoms with Crippen LogP contribution >= 0.6 is 0 Å². The minimum absolute atomic E-state index is 0.201. The molecule has 1 N–H and O–H groups in total. The topological polar surface area (TPSA) is 15.3 Å². The molecule has 0 radical (unpaired) electrons. The molecule has 2 nitrogen and oxygen atoms in total. The van der Waals surface area contributed by atoms with Gasteiger partial charge in [0, 0.05) is 7.05 Å². The molecule has 3 heteroatoms. The predicted octanol–water partition coefficient (Wildman–Crippen LogP) is 3.31. The van der Waals surface area contributed by atoms with Crippen molar-refractivity contribution in [2.24, 2.45) is 0 Å². The van der Waals surface area contributed by atoms with Crippen LogP contribution in [0.25, 0.3) is 11.1 Å². The van der Waals surface area contributed by atoms with Crippen molar-refractivity contribution in [3.05, 3.63) is 48.3 Å². The first-order valence-electron chi connectivity index (χ1n) is 5.59. The van der Waals surface area contributed by atoms with Crippen LogP contribution in [0.5, 0.6) is 0 Å². The number of hydrogen-bond acceptors (Lipinski definition) is 2. The summed E-state index contributed by atoms with van der Waals surface area (Å²) in [5.41, 5.74) is 4.23. The second-order valence-electron chi connectivity index (χ2n) is 4.28. The smallest absolute Gasteiger partial charge is 0.123 e. The van der Waals surface area contributed by atoms with Crippen molar-refractivity contribution in [3.8, 4) is 11.1 Å². The van der Waals surface area contributed by atoms with Gasteiger partial charge < -0.3 is 10.2 Å². The fraction of sp³-hybridized carbons (Fsp3) is 0.143. The standard InChI is InChI=1S/C14H13FN2/c1-17-9-16-13-8-11(5-6-14(13)17)10-3-2-4-12(15)7-10/h2-8,16H,9H2,1H3. The van der Waals surface area contributed by atoms with E-state index in [2.05, 4.69) is 22.3 Å². The van der Waals surface area contributed by atoms with Gasteiger partial charge in [-0.3, -0.25) is 0 Å². The molecule has 0 bridgehead atoms. The van der Waals surface area contributed by atoms with Gasteiger partial charge in [-0.15, -0.1) is 0 Å². The van der Waals surface area contributed by atoms with Crippen LogP contribution in [0.2, 0.25) is 0 Å². The number of rotatable bonds is 1. The summed E-state index contributed by atoms with van der Waals surface area (Å²) in [5.74, 6) is -0.201. The Morgan fingerprint density at radius 1 is 1.12 bits per heavy atom. The molecular weight excluding hydrogens is 215 g/mol. The molecule has 3 rings (SSSR count). The molecule has 17 heavy (non-hydrogen) atoms. The van der Waals surface area contributed by atoms with Crippen LogP contribution in [0.1, 0.15) is 0 Å². The van der Waals surface area contributed by atoms with Crippen LogP contribution in [0.4, 0.5) is 15.8 Å². The summed E-state index contributed by atoms with van der Waals surface area (Å²) in [4.78, 5) is 2.14. The van der Waals surface area contributed by atoms with Crippen LogP contribution in [0.15, 0.2) is 42.5 Å². The lowest BCUT2D eigenvalue weighted by atomic mass is 10.0. The zero-order valence-electron chi connectivity index (χ0n) is 9.57. The molecule has 1 aliphatic rings. The van der Waals surface area contributed by atoms with Gasteiger partial charge in [-0.25, -0.2) is 4.39 Å². The molecule has 86 valence electrons. The molecule has 2 aromatic rings. The van der Waals surface area contributed by atoms with Gasteiger partial charge in [-0.2, -0.15) is 0 Å². The highest BCUT2D eigenvalue weighted by atomic mass is 19.1. The summed E-state index contributed by atoms with van der Waals surface area (Å²) >= 11 is 0. The number of fused-ring (bicyclic) bond motifs is 1. The summed E-state index contributed by atoms with van der Waals surface area (Å²) in [6.07, 6.45) is 0. The van der Waals surface area contributed by atoms with E-state index in [1.807, 2.05) is 19.2 Å². The molecule has 0 saturated carbocycles. The third-order valence-corrected chi connectivity index (χ3v) is 3.07. The van der Waals surface area contributed by atoms with Crippen molar-refractivity contribution in [1.82, 2.24) is 0 Å². The van der Waals surface area contributed by atoms with E-state index in [9.17, 15) is 4.39 Å². The summed E-state index contributed by atoms with van der Waals surface area (Å²) in [5, 5.41) is 3.31. The van der Waals surface area contributed by atoms with Crippen molar-refractivity contribution >= 4 is 11.4 Å². The maximum atomic E-state index is 13.2. The SMILES string of the molecule is CN1CNc2cc(-c3cccc(F)c3)ccc21. The molecule has 0 amide bonds. The van der Waals surface area contributed by atoms with E-state index in [-0.39, 0.29) is 5.82 Å². The number of nitrogens with zero attached hydrogens (tertiary/aromatic N) is 1. The Kier molecular flexibility index (Phi) is 2.25. The van der Waals surface area contributed by atoms with Crippen LogP contribution in [-0.2, 0) is 0 Å². The maximum Gasteiger partial charge on any atom is 0.123 e. The third kappa shape index (κ3) is 1.73. The number of nitrogens with one attached hydrogen (secondary N) is 1. The summed E-state index contributed by atoms with van der Waals surface area (Å²) in [6, 6.07) is 12.8. The zero-order chi connectivity index (χ0) is 11.8. The molecule has 0 atom stereocenters. The summed E-state index contributed by atoms with van der Waals surface area (Å²) in [7, 11) is 2.04. The number of hydrogen-bond donors (Lipinski definition) is 1. The van der Waals surface area contributed by atoms with E-state index in [0.717, 1.165) is 23.5 Å². The number of benzene rings is 2. The van der Waals surface area contributed by atoms with Crippen molar-refractivity contribution in [2.45, 2.75) is 0 Å². The Balaban J connectivity index is 2.06. The van der Waals surface area contributed by atoms with Gasteiger partial charge in [-0.1, -0.05) is 18.2 Å². The normalized spacial score (nSPS) is 13.4. The average Bonchev–Trinajstić information content (AvgIpc) is 2.71. The van der Waals surface area contributed by atoms with Crippen LogP contribution in [0, 0.1) is 5.82 Å². The highest BCUT2D eigenvalue weighted by Gasteiger charge is 2.15. The minimum atomic E-state index is -0.201. The van der Waals surface area contributed by atoms with Crippen LogP contribution in [0.3, 0.4) is 0 Å². The van der Waals surface area contributed by atoms with E-state index in [1.165, 1.54) is 11.8 Å². The second kappa shape index (κ2) is 3.77. The second-order valence-corrected chi connectivity index (χ2v) is 4.28. The fourth-order valence-corrected chi connectivity index (χ4v) is 2.15. The van der Waals surface area contributed by atoms with Crippen molar-refractivity contribution in [3.63, 3.8) is 0 Å². The Labute approximate surface area is 99.7 Å². The van der Waals surface area contributed by atoms with Gasteiger partial charge in [0.1, 0.15) is 5.82 Å². The molecule has 0 aromatic heterocycles. The van der Waals surface area contributed by atoms with E-state index in [4.69, 9.17) is 0 Å². The number of halogens is 1. The van der Waals surface area contributed by atoms with Crippen molar-refractivity contribution in [1.29, 1.82) is 0 Å². The van der Waals surface area contributed by atoms with Gasteiger partial charge in [0.15, 0.2) is 0 Å². The minimum Gasteiger partial charge on any atom is -0.366 e. The Morgan fingerprint density at radius 3 is 2.76 bits per heavy atom. The third-order valence-electron chi connectivity index (χ3n) is 3.07. The molecule has 0 saturated heterocycles. The molecule has 0 spiro atoms. The van der Waals surface area contributed by atoms with E-state index >= 15 is 0 Å². The Hall–Kier alpha value is -2.03. The first-order valence-corrected chi connectivity index (χ1v) is 5.59. The van der Waals surface area contributed by atoms with Gasteiger partial charge in [0.2, 0.25) is 0 Å². The Morgan fingerprint density at radius 2 is 1.94 bits per heavy atom. The lowest BCUT2D eigenvalue weighted by Crippen LogP contribution is -2.15. The molecule has 0 fully saturated rings. The summed E-state index contributed by atoms with van der Waals surface area (Å²) in [6.45, 7) is 0.821. The molecule has 0 aliphatic carbocycles. The van der Waals surface area contributed by atoms with Crippen LogP contribution < -0.4 is 10.2 Å². The Bertz CT molecular complexity index is 566. The van der Waals surface area contributed by atoms with Crippen molar-refractivity contribution < 1.29 is 4.39 Å². The van der Waals surface area contributed by atoms with Crippen LogP contribution in [-0.4, -0.2) is 13.7 Å². The fourth-order valence-electron chi connectivity index (χ4n) is 2.15. The molecule has 2 aromatic carbocycles. The summed E-state index contributed by atoms with van der Waals surface area (Å²) < 4.78 is 13.2. The first-order chi connectivity index (χ1) is 8.24. The lowest BCUT2D eigenvalue weighted by Gasteiger charge is -2.10. The molecule has 0 unspecified atom stereocenters. The first kappa shape index (κ1) is 10.1. The monoisotopic (exact) mass is 228 g/mol. The van der Waals surface area contributed by atoms with Gasteiger partial charge in [0.25, 0.3) is 0 Å². The van der Waals surface area contributed by atoms with Gasteiger partial charge in [-0.05, 0) is 35.4 Å². The number of anilines is 2. The average molecular weight is 228 g/mol. The zero-order valence-corrected chi connectivity index (χ0v) is 9.57. The molecule has 1 aliphatic heterocycles. The maximum absolute atomic E-state index is 13.2. The van der Waals surface area contributed by atoms with E-state index in [0.29, 0.717) is 0 Å². The highest BCUT2D eigenvalue weighted by Crippen LogP contribution is 2.34. The molecule has 1 heterocycles. The van der Waals surface area contributed by atoms with Crippen molar-refractivity contribution in [2.75, 3.05) is 23.9 Å². The quantitative estimate of drug-likeness (QED) is 0.805. The predicted molar refractivity (Wildman–Crippen MR) is 68.7 cm³/mol. The highest BCUT2D eigenvalue weighted by molar-refractivity contribution is 5.80. The largest absolute Gasteiger partial charge is 0.366 e. The van der Waals surface area contributed by atoms with Gasteiger partial charge in [0.05, 0.1) is 18.0 Å². The van der Waals surface area contributed by atoms with Gasteiger partial charge >= 0.3 is 0 Å². The lowest BCUT2D eigenvalue weighted by molar-refractivity contribution is 0.628. The molecular formula is C14H13FN2. The van der Waals surface area contributed by atoms with E-state index < -0.39 is 0 Å². The van der Waals surface area contributed by atoms with E-state index in [1.54, 1.807) is 12.1 Å².